The van der Waals surface area contributed by atoms with Crippen LogP contribution in [-0.4, -0.2) is 27.8 Å². The molecular weight excluding hydrogens is 390 g/mol. The number of fused-ring (bicyclic) bond motifs is 3. The Morgan fingerprint density at radius 3 is 3.00 bits per heavy atom. The van der Waals surface area contributed by atoms with Gasteiger partial charge in [-0.25, -0.2) is 4.98 Å². The second kappa shape index (κ2) is 9.27. The summed E-state index contributed by atoms with van der Waals surface area (Å²) >= 11 is 2.97. The molecule has 0 spiro atoms. The average Bonchev–Trinajstić information content (AvgIpc) is 2.99. The first-order chi connectivity index (χ1) is 13.4. The van der Waals surface area contributed by atoms with Crippen LogP contribution in [0.3, 0.4) is 0 Å². The van der Waals surface area contributed by atoms with Gasteiger partial charge in [-0.1, -0.05) is 38.6 Å². The van der Waals surface area contributed by atoms with E-state index in [4.69, 9.17) is 4.98 Å². The van der Waals surface area contributed by atoms with Gasteiger partial charge in [-0.05, 0) is 43.1 Å². The van der Waals surface area contributed by atoms with Crippen LogP contribution in [0.2, 0.25) is 0 Å². The molecule has 0 aliphatic heterocycles. The van der Waals surface area contributed by atoms with E-state index in [9.17, 15) is 9.59 Å². The minimum absolute atomic E-state index is 0.000306. The zero-order chi connectivity index (χ0) is 20.3. The number of nitrogens with zero attached hydrogens (tertiary/aromatic N) is 2. The standard InChI is InChI=1S/C21H29N3O2S2/c1-5-10-24-20(26)18-15-7-6-14(4)11-16(15)28-19(18)23-21(24)27-12-17(25)22-9-8-13(2)3/h5,13-14H,1,6-12H2,2-4H3,(H,22,25)/t14-/m0/s1. The molecule has 5 nitrogen and oxygen atoms in total. The van der Waals surface area contributed by atoms with Crippen molar-refractivity contribution in [3.63, 3.8) is 0 Å². The lowest BCUT2D eigenvalue weighted by Crippen LogP contribution is -2.28. The molecule has 0 bridgehead atoms. The Balaban J connectivity index is 1.85. The van der Waals surface area contributed by atoms with E-state index in [-0.39, 0.29) is 17.2 Å². The van der Waals surface area contributed by atoms with Crippen molar-refractivity contribution in [2.75, 3.05) is 12.3 Å². The van der Waals surface area contributed by atoms with Crippen molar-refractivity contribution in [3.05, 3.63) is 33.4 Å². The van der Waals surface area contributed by atoms with Crippen molar-refractivity contribution in [1.29, 1.82) is 0 Å². The molecule has 0 radical (unpaired) electrons. The number of aromatic nitrogens is 2. The van der Waals surface area contributed by atoms with Crippen molar-refractivity contribution < 1.29 is 4.79 Å². The molecule has 152 valence electrons. The maximum atomic E-state index is 13.2. The minimum Gasteiger partial charge on any atom is -0.355 e. The number of thiophene rings is 1. The van der Waals surface area contributed by atoms with Crippen molar-refractivity contribution in [1.82, 2.24) is 14.9 Å². The molecule has 0 saturated heterocycles. The van der Waals surface area contributed by atoms with Crippen molar-refractivity contribution in [3.8, 4) is 0 Å². The third-order valence-corrected chi connectivity index (χ3v) is 7.19. The van der Waals surface area contributed by atoms with Crippen molar-refractivity contribution >= 4 is 39.2 Å². The number of carbonyl (C=O) groups excluding carboxylic acids is 1. The Bertz CT molecular complexity index is 930. The van der Waals surface area contributed by atoms with Gasteiger partial charge in [-0.15, -0.1) is 17.9 Å². The predicted molar refractivity (Wildman–Crippen MR) is 118 cm³/mol. The van der Waals surface area contributed by atoms with Crippen LogP contribution in [0.1, 0.15) is 44.1 Å². The summed E-state index contributed by atoms with van der Waals surface area (Å²) in [5.74, 6) is 1.45. The molecule has 28 heavy (non-hydrogen) atoms. The second-order valence-electron chi connectivity index (χ2n) is 7.95. The topological polar surface area (TPSA) is 64.0 Å². The van der Waals surface area contributed by atoms with Gasteiger partial charge in [0.15, 0.2) is 5.16 Å². The summed E-state index contributed by atoms with van der Waals surface area (Å²) in [6.45, 7) is 11.4. The van der Waals surface area contributed by atoms with Gasteiger partial charge in [0, 0.05) is 18.0 Å². The molecule has 7 heteroatoms. The molecule has 3 rings (SSSR count). The number of thioether (sulfide) groups is 1. The molecule has 2 aromatic heterocycles. The Labute approximate surface area is 174 Å². The number of allylic oxidation sites excluding steroid dienone is 1. The van der Waals surface area contributed by atoms with Crippen molar-refractivity contribution in [2.45, 2.75) is 58.2 Å². The van der Waals surface area contributed by atoms with E-state index in [1.165, 1.54) is 22.2 Å². The lowest BCUT2D eigenvalue weighted by Gasteiger charge is -2.17. The molecule has 2 heterocycles. The molecule has 1 aliphatic carbocycles. The molecule has 1 atom stereocenters. The number of hydrogen-bond donors (Lipinski definition) is 1. The van der Waals surface area contributed by atoms with E-state index in [1.807, 2.05) is 0 Å². The third kappa shape index (κ3) is 4.69. The highest BCUT2D eigenvalue weighted by Gasteiger charge is 2.24. The lowest BCUT2D eigenvalue weighted by atomic mass is 9.89. The number of nitrogens with one attached hydrogen (secondary N) is 1. The summed E-state index contributed by atoms with van der Waals surface area (Å²) in [5, 5.41) is 4.32. The molecule has 0 unspecified atom stereocenters. The third-order valence-electron chi connectivity index (χ3n) is 5.07. The average molecular weight is 420 g/mol. The molecule has 1 N–H and O–H groups in total. The lowest BCUT2D eigenvalue weighted by molar-refractivity contribution is -0.118. The van der Waals surface area contributed by atoms with Gasteiger partial charge >= 0.3 is 0 Å². The van der Waals surface area contributed by atoms with Crippen LogP contribution in [0, 0.1) is 11.8 Å². The Kier molecular flexibility index (Phi) is 6.99. The van der Waals surface area contributed by atoms with Gasteiger partial charge in [0.05, 0.1) is 11.1 Å². The minimum atomic E-state index is -0.0237. The Morgan fingerprint density at radius 1 is 1.50 bits per heavy atom. The zero-order valence-electron chi connectivity index (χ0n) is 16.9. The summed E-state index contributed by atoms with van der Waals surface area (Å²) in [4.78, 5) is 32.3. The molecule has 0 aromatic carbocycles. The van der Waals surface area contributed by atoms with Gasteiger partial charge in [-0.2, -0.15) is 0 Å². The zero-order valence-corrected chi connectivity index (χ0v) is 18.5. The SMILES string of the molecule is C=CCn1c(SCC(=O)NCCC(C)C)nc2sc3c(c2c1=O)CC[C@H](C)C3. The first-order valence-corrected chi connectivity index (χ1v) is 11.8. The fourth-order valence-corrected chi connectivity index (χ4v) is 5.75. The summed E-state index contributed by atoms with van der Waals surface area (Å²) in [7, 11) is 0. The first-order valence-electron chi connectivity index (χ1n) is 9.96. The summed E-state index contributed by atoms with van der Waals surface area (Å²) in [6.07, 6.45) is 5.76. The summed E-state index contributed by atoms with van der Waals surface area (Å²) < 4.78 is 1.66. The first kappa shape index (κ1) is 21.1. The molecule has 2 aromatic rings. The summed E-state index contributed by atoms with van der Waals surface area (Å²) in [6, 6.07) is 0. The molecular formula is C21H29N3O2S2. The number of aryl methyl sites for hydroxylation is 1. The van der Waals surface area contributed by atoms with Gasteiger partial charge in [-0.3, -0.25) is 14.2 Å². The highest BCUT2D eigenvalue weighted by Crippen LogP contribution is 2.36. The monoisotopic (exact) mass is 419 g/mol. The smallest absolute Gasteiger partial charge is 0.263 e. The van der Waals surface area contributed by atoms with Crippen LogP contribution < -0.4 is 10.9 Å². The maximum absolute atomic E-state index is 13.2. The van der Waals surface area contributed by atoms with Crippen LogP contribution in [0.5, 0.6) is 0 Å². The van der Waals surface area contributed by atoms with Crippen molar-refractivity contribution in [2.24, 2.45) is 11.8 Å². The predicted octanol–water partition coefficient (Wildman–Crippen LogP) is 4.02. The molecule has 1 aliphatic rings. The second-order valence-corrected chi connectivity index (χ2v) is 9.98. The van der Waals surface area contributed by atoms with Crippen LogP contribution in [0.25, 0.3) is 10.2 Å². The van der Waals surface area contributed by atoms with E-state index in [1.54, 1.807) is 22.0 Å². The number of rotatable bonds is 8. The molecule has 1 amide bonds. The highest BCUT2D eigenvalue weighted by molar-refractivity contribution is 7.99. The Morgan fingerprint density at radius 2 is 2.29 bits per heavy atom. The Hall–Kier alpha value is -1.60. The van der Waals surface area contributed by atoms with E-state index < -0.39 is 0 Å². The van der Waals surface area contributed by atoms with Gasteiger partial charge < -0.3 is 5.32 Å². The normalized spacial score (nSPS) is 16.4. The summed E-state index contributed by atoms with van der Waals surface area (Å²) in [5.41, 5.74) is 1.19. The highest BCUT2D eigenvalue weighted by atomic mass is 32.2. The largest absolute Gasteiger partial charge is 0.355 e. The number of amides is 1. The number of carbonyl (C=O) groups is 1. The van der Waals surface area contributed by atoms with Gasteiger partial charge in [0.2, 0.25) is 5.91 Å². The van der Waals surface area contributed by atoms with Crippen LogP contribution in [0.15, 0.2) is 22.6 Å². The fourth-order valence-electron chi connectivity index (χ4n) is 3.49. The van der Waals surface area contributed by atoms with E-state index in [0.29, 0.717) is 30.1 Å². The van der Waals surface area contributed by atoms with Crippen LogP contribution >= 0.6 is 23.1 Å². The van der Waals surface area contributed by atoms with Crippen LogP contribution in [0.4, 0.5) is 0 Å². The quantitative estimate of drug-likeness (QED) is 0.399. The van der Waals surface area contributed by atoms with Gasteiger partial charge in [0.25, 0.3) is 5.56 Å². The molecule has 0 saturated carbocycles. The number of hydrogen-bond acceptors (Lipinski definition) is 5. The fraction of sp³-hybridized carbons (Fsp3) is 0.571. The van der Waals surface area contributed by atoms with E-state index in [2.05, 4.69) is 32.7 Å². The van der Waals surface area contributed by atoms with Gasteiger partial charge in [0.1, 0.15) is 4.83 Å². The van der Waals surface area contributed by atoms with E-state index >= 15 is 0 Å². The van der Waals surface area contributed by atoms with Crippen LogP contribution in [-0.2, 0) is 24.2 Å². The maximum Gasteiger partial charge on any atom is 0.263 e. The molecule has 0 fully saturated rings. The van der Waals surface area contributed by atoms with E-state index in [0.717, 1.165) is 35.9 Å².